The number of hydrogen-bond acceptors (Lipinski definition) is 8. The van der Waals surface area contributed by atoms with Crippen LogP contribution in [0.5, 0.6) is 11.5 Å². The van der Waals surface area contributed by atoms with Gasteiger partial charge in [-0.05, 0) is 48.0 Å². The Kier molecular flexibility index (Phi) is 7.45. The third kappa shape index (κ3) is 5.57. The van der Waals surface area contributed by atoms with Crippen LogP contribution in [0.4, 0.5) is 0 Å². The van der Waals surface area contributed by atoms with Crippen LogP contribution in [0.1, 0.15) is 38.5 Å². The Morgan fingerprint density at radius 1 is 1.05 bits per heavy atom. The van der Waals surface area contributed by atoms with Gasteiger partial charge in [0.05, 0.1) is 37.5 Å². The van der Waals surface area contributed by atoms with Crippen molar-refractivity contribution in [3.63, 3.8) is 0 Å². The van der Waals surface area contributed by atoms with Gasteiger partial charge in [-0.3, -0.25) is 24.1 Å². The largest absolute Gasteiger partial charge is 0.493 e. The topological polar surface area (TPSA) is 139 Å². The smallest absolute Gasteiger partial charge is 0.313 e. The molecule has 0 aliphatic carbocycles. The summed E-state index contributed by atoms with van der Waals surface area (Å²) in [7, 11) is 1.38. The maximum Gasteiger partial charge on any atom is 0.313 e. The van der Waals surface area contributed by atoms with Gasteiger partial charge in [0.1, 0.15) is 17.4 Å². The van der Waals surface area contributed by atoms with Gasteiger partial charge in [-0.1, -0.05) is 18.2 Å². The SMILES string of the molecule is COc1cc(/C=C(\C#N)C(=O)NCc2ccco2)ccc1OC(=O)CCN1C(=O)c2ccccc2C1=O. The molecule has 0 fully saturated rings. The lowest BCUT2D eigenvalue weighted by molar-refractivity contribution is -0.134. The van der Waals surface area contributed by atoms with Gasteiger partial charge >= 0.3 is 5.97 Å². The van der Waals surface area contributed by atoms with Crippen molar-refractivity contribution in [2.75, 3.05) is 13.7 Å². The molecule has 0 atom stereocenters. The summed E-state index contributed by atoms with van der Waals surface area (Å²) in [5.74, 6) is -1.33. The van der Waals surface area contributed by atoms with Gasteiger partial charge in [0.15, 0.2) is 11.5 Å². The third-order valence-electron chi connectivity index (χ3n) is 5.51. The number of nitriles is 1. The van der Waals surface area contributed by atoms with Crippen LogP contribution in [0, 0.1) is 11.3 Å². The van der Waals surface area contributed by atoms with E-state index in [-0.39, 0.29) is 36.6 Å². The molecule has 0 spiro atoms. The number of furan rings is 1. The minimum Gasteiger partial charge on any atom is -0.493 e. The predicted octanol–water partition coefficient (Wildman–Crippen LogP) is 3.10. The summed E-state index contributed by atoms with van der Waals surface area (Å²) >= 11 is 0. The Morgan fingerprint density at radius 2 is 1.78 bits per heavy atom. The molecule has 2 aromatic carbocycles. The highest BCUT2D eigenvalue weighted by Gasteiger charge is 2.35. The molecular formula is C27H21N3O7. The third-order valence-corrected chi connectivity index (χ3v) is 5.51. The summed E-state index contributed by atoms with van der Waals surface area (Å²) < 4.78 is 15.8. The minimum atomic E-state index is -0.673. The second-order valence-corrected chi connectivity index (χ2v) is 7.87. The highest BCUT2D eigenvalue weighted by Crippen LogP contribution is 2.30. The molecule has 0 saturated carbocycles. The van der Waals surface area contributed by atoms with E-state index in [4.69, 9.17) is 13.9 Å². The van der Waals surface area contributed by atoms with E-state index in [1.807, 2.05) is 6.07 Å². The molecule has 10 nitrogen and oxygen atoms in total. The Balaban J connectivity index is 1.38. The van der Waals surface area contributed by atoms with Crippen LogP contribution < -0.4 is 14.8 Å². The van der Waals surface area contributed by atoms with E-state index in [0.717, 1.165) is 4.90 Å². The van der Waals surface area contributed by atoms with E-state index < -0.39 is 23.7 Å². The van der Waals surface area contributed by atoms with Crippen LogP contribution >= 0.6 is 0 Å². The predicted molar refractivity (Wildman–Crippen MR) is 129 cm³/mol. The molecule has 3 amide bonds. The van der Waals surface area contributed by atoms with Crippen molar-refractivity contribution in [1.82, 2.24) is 10.2 Å². The summed E-state index contributed by atoms with van der Waals surface area (Å²) in [4.78, 5) is 50.7. The van der Waals surface area contributed by atoms with Gasteiger partial charge in [-0.2, -0.15) is 5.26 Å². The molecule has 0 saturated heterocycles. The van der Waals surface area contributed by atoms with Crippen LogP contribution in [-0.2, 0) is 16.1 Å². The van der Waals surface area contributed by atoms with Gasteiger partial charge in [-0.15, -0.1) is 0 Å². The number of rotatable bonds is 9. The van der Waals surface area contributed by atoms with Crippen molar-refractivity contribution in [3.05, 3.63) is 88.9 Å². The summed E-state index contributed by atoms with van der Waals surface area (Å²) in [6.07, 6.45) is 2.63. The van der Waals surface area contributed by atoms with E-state index in [9.17, 15) is 24.4 Å². The number of carbonyl (C=O) groups excluding carboxylic acids is 4. The van der Waals surface area contributed by atoms with Crippen molar-refractivity contribution < 1.29 is 33.1 Å². The van der Waals surface area contributed by atoms with Crippen molar-refractivity contribution in [2.45, 2.75) is 13.0 Å². The van der Waals surface area contributed by atoms with E-state index in [1.54, 1.807) is 42.5 Å². The van der Waals surface area contributed by atoms with Crippen LogP contribution in [0.2, 0.25) is 0 Å². The minimum absolute atomic E-state index is 0.104. The Hall–Kier alpha value is -5.17. The molecule has 0 bridgehead atoms. The van der Waals surface area contributed by atoms with Crippen molar-refractivity contribution in [3.8, 4) is 17.6 Å². The first-order chi connectivity index (χ1) is 17.9. The zero-order valence-electron chi connectivity index (χ0n) is 19.7. The lowest BCUT2D eigenvalue weighted by Crippen LogP contribution is -2.32. The number of hydrogen-bond donors (Lipinski definition) is 1. The number of nitrogens with zero attached hydrogens (tertiary/aromatic N) is 2. The monoisotopic (exact) mass is 499 g/mol. The molecule has 2 heterocycles. The van der Waals surface area contributed by atoms with Crippen LogP contribution in [0.15, 0.2) is 70.9 Å². The number of methoxy groups -OCH3 is 1. The summed E-state index contributed by atoms with van der Waals surface area (Å²) in [5.41, 5.74) is 0.932. The van der Waals surface area contributed by atoms with E-state index in [1.165, 1.54) is 31.6 Å². The van der Waals surface area contributed by atoms with Crippen LogP contribution in [0.25, 0.3) is 6.08 Å². The first-order valence-electron chi connectivity index (χ1n) is 11.2. The normalized spacial score (nSPS) is 12.6. The first kappa shape index (κ1) is 24.9. The highest BCUT2D eigenvalue weighted by atomic mass is 16.6. The van der Waals surface area contributed by atoms with Gasteiger partial charge in [0.2, 0.25) is 0 Å². The number of nitrogens with one attached hydrogen (secondary N) is 1. The number of amides is 3. The molecule has 1 aliphatic heterocycles. The molecule has 10 heteroatoms. The van der Waals surface area contributed by atoms with E-state index >= 15 is 0 Å². The van der Waals surface area contributed by atoms with Crippen molar-refractivity contribution in [2.24, 2.45) is 0 Å². The lowest BCUT2D eigenvalue weighted by atomic mass is 10.1. The number of ether oxygens (including phenoxy) is 2. The first-order valence-corrected chi connectivity index (χ1v) is 11.2. The summed E-state index contributed by atoms with van der Waals surface area (Å²) in [6, 6.07) is 16.2. The molecular weight excluding hydrogens is 478 g/mol. The second-order valence-electron chi connectivity index (χ2n) is 7.87. The molecule has 186 valence electrons. The molecule has 0 radical (unpaired) electrons. The highest BCUT2D eigenvalue weighted by molar-refractivity contribution is 6.21. The molecule has 1 N–H and O–H groups in total. The average Bonchev–Trinajstić information content (AvgIpc) is 3.52. The van der Waals surface area contributed by atoms with E-state index in [0.29, 0.717) is 22.5 Å². The van der Waals surface area contributed by atoms with Gasteiger partial charge in [0.25, 0.3) is 17.7 Å². The second kappa shape index (κ2) is 11.0. The maximum absolute atomic E-state index is 12.4. The number of imide groups is 1. The molecule has 4 rings (SSSR count). The number of carbonyl (C=O) groups is 4. The van der Waals surface area contributed by atoms with Gasteiger partial charge in [-0.25, -0.2) is 0 Å². The molecule has 1 aliphatic rings. The summed E-state index contributed by atoms with van der Waals surface area (Å²) in [6.45, 7) is -0.00324. The number of esters is 1. The molecule has 37 heavy (non-hydrogen) atoms. The fourth-order valence-electron chi connectivity index (χ4n) is 3.67. The summed E-state index contributed by atoms with van der Waals surface area (Å²) in [5, 5.41) is 12.0. The molecule has 1 aromatic heterocycles. The van der Waals surface area contributed by atoms with Gasteiger partial charge < -0.3 is 19.2 Å². The van der Waals surface area contributed by atoms with Gasteiger partial charge in [0, 0.05) is 6.54 Å². The van der Waals surface area contributed by atoms with Crippen molar-refractivity contribution >= 4 is 29.8 Å². The van der Waals surface area contributed by atoms with E-state index in [2.05, 4.69) is 5.32 Å². The maximum atomic E-state index is 12.4. The number of fused-ring (bicyclic) bond motifs is 1. The van der Waals surface area contributed by atoms with Crippen LogP contribution in [0.3, 0.4) is 0 Å². The Labute approximate surface area is 211 Å². The van der Waals surface area contributed by atoms with Crippen molar-refractivity contribution in [1.29, 1.82) is 5.26 Å². The zero-order valence-corrected chi connectivity index (χ0v) is 19.7. The Bertz CT molecular complexity index is 1400. The fraction of sp³-hybridized carbons (Fsp3) is 0.148. The average molecular weight is 499 g/mol. The number of benzene rings is 2. The molecule has 3 aromatic rings. The lowest BCUT2D eigenvalue weighted by Gasteiger charge is -2.14. The molecule has 0 unspecified atom stereocenters. The quantitative estimate of drug-likeness (QED) is 0.156. The van der Waals surface area contributed by atoms with Crippen LogP contribution in [-0.4, -0.2) is 42.2 Å². The standard InChI is InChI=1S/C27H21N3O7/c1-35-23-14-17(13-18(15-28)25(32)29-16-19-5-4-12-36-19)8-9-22(23)37-24(31)10-11-30-26(33)20-6-2-3-7-21(20)27(30)34/h2-9,12-14H,10-11,16H2,1H3,(H,29,32)/b18-13+. The zero-order chi connectivity index (χ0) is 26.4. The fourth-order valence-corrected chi connectivity index (χ4v) is 3.67. The Morgan fingerprint density at radius 3 is 2.41 bits per heavy atom.